The molecule has 0 bridgehead atoms. The molecular formula is C13H14F3NO2. The van der Waals surface area contributed by atoms with Gasteiger partial charge in [-0.1, -0.05) is 26.0 Å². The highest BCUT2D eigenvalue weighted by Crippen LogP contribution is 2.29. The minimum absolute atomic E-state index is 0.00485. The van der Waals surface area contributed by atoms with Crippen molar-refractivity contribution in [2.24, 2.45) is 5.92 Å². The molecule has 0 heterocycles. The number of allylic oxidation sites excluding steroid dienone is 1. The van der Waals surface area contributed by atoms with Crippen LogP contribution >= 0.6 is 0 Å². The van der Waals surface area contributed by atoms with Gasteiger partial charge in [0.05, 0.1) is 10.5 Å². The summed E-state index contributed by atoms with van der Waals surface area (Å²) in [5.41, 5.74) is -0.383. The van der Waals surface area contributed by atoms with Crippen molar-refractivity contribution in [1.82, 2.24) is 0 Å². The van der Waals surface area contributed by atoms with Crippen LogP contribution in [0.3, 0.4) is 0 Å². The van der Waals surface area contributed by atoms with Crippen LogP contribution in [0.2, 0.25) is 0 Å². The number of nitrogens with zero attached hydrogens (tertiary/aromatic N) is 1. The van der Waals surface area contributed by atoms with Gasteiger partial charge in [0, 0.05) is 12.5 Å². The van der Waals surface area contributed by atoms with Crippen molar-refractivity contribution >= 4 is 6.08 Å². The van der Waals surface area contributed by atoms with Crippen molar-refractivity contribution in [1.29, 1.82) is 0 Å². The summed E-state index contributed by atoms with van der Waals surface area (Å²) in [5.74, 6) is 0.103. The highest BCUT2D eigenvalue weighted by molar-refractivity contribution is 5.51. The van der Waals surface area contributed by atoms with Crippen LogP contribution in [-0.4, -0.2) is 4.92 Å². The van der Waals surface area contributed by atoms with Crippen LogP contribution in [0.25, 0.3) is 6.08 Å². The molecule has 0 atom stereocenters. The fourth-order valence-electron chi connectivity index (χ4n) is 1.57. The van der Waals surface area contributed by atoms with Gasteiger partial charge in [0.1, 0.15) is 0 Å². The molecule has 1 aromatic carbocycles. The summed E-state index contributed by atoms with van der Waals surface area (Å²) in [5, 5.41) is 10.8. The Morgan fingerprint density at radius 3 is 2.21 bits per heavy atom. The SMILES string of the molecule is CC(C)CC(=Cc1ccc(C(F)(F)F)cc1)[N+](=O)[O-]. The molecule has 6 heteroatoms. The summed E-state index contributed by atoms with van der Waals surface area (Å²) in [7, 11) is 0. The van der Waals surface area contributed by atoms with Gasteiger partial charge < -0.3 is 0 Å². The lowest BCUT2D eigenvalue weighted by Gasteiger charge is -2.06. The number of hydrogen-bond acceptors (Lipinski definition) is 2. The third-order valence-corrected chi connectivity index (χ3v) is 2.42. The van der Waals surface area contributed by atoms with E-state index in [-0.39, 0.29) is 18.0 Å². The van der Waals surface area contributed by atoms with E-state index in [9.17, 15) is 23.3 Å². The molecule has 0 saturated carbocycles. The quantitative estimate of drug-likeness (QED) is 0.604. The van der Waals surface area contributed by atoms with Crippen LogP contribution in [0.5, 0.6) is 0 Å². The molecule has 0 amide bonds. The highest BCUT2D eigenvalue weighted by atomic mass is 19.4. The third-order valence-electron chi connectivity index (χ3n) is 2.42. The maximum Gasteiger partial charge on any atom is 0.416 e. The Labute approximate surface area is 108 Å². The van der Waals surface area contributed by atoms with E-state index < -0.39 is 16.7 Å². The zero-order valence-electron chi connectivity index (χ0n) is 10.6. The molecule has 0 N–H and O–H groups in total. The number of halogens is 3. The van der Waals surface area contributed by atoms with E-state index in [1.54, 1.807) is 0 Å². The van der Waals surface area contributed by atoms with E-state index in [4.69, 9.17) is 0 Å². The van der Waals surface area contributed by atoms with Crippen molar-refractivity contribution in [2.45, 2.75) is 26.4 Å². The van der Waals surface area contributed by atoms with Crippen molar-refractivity contribution in [3.05, 3.63) is 51.2 Å². The molecule has 3 nitrogen and oxygen atoms in total. The van der Waals surface area contributed by atoms with Gasteiger partial charge in [-0.3, -0.25) is 10.1 Å². The fraction of sp³-hybridized carbons (Fsp3) is 0.385. The first-order valence-corrected chi connectivity index (χ1v) is 5.72. The van der Waals surface area contributed by atoms with Gasteiger partial charge in [-0.25, -0.2) is 0 Å². The average Bonchev–Trinajstić information content (AvgIpc) is 2.27. The van der Waals surface area contributed by atoms with Gasteiger partial charge in [0.15, 0.2) is 0 Å². The number of benzene rings is 1. The normalized spacial score (nSPS) is 12.8. The summed E-state index contributed by atoms with van der Waals surface area (Å²) in [6.07, 6.45) is -2.82. The third kappa shape index (κ3) is 4.73. The molecule has 19 heavy (non-hydrogen) atoms. The Balaban J connectivity index is 2.99. The molecule has 0 spiro atoms. The molecule has 0 saturated heterocycles. The molecule has 1 aromatic rings. The maximum absolute atomic E-state index is 12.4. The minimum atomic E-state index is -4.40. The van der Waals surface area contributed by atoms with Crippen LogP contribution in [0.1, 0.15) is 31.4 Å². The summed E-state index contributed by atoms with van der Waals surface area (Å²) < 4.78 is 37.1. The van der Waals surface area contributed by atoms with E-state index in [1.807, 2.05) is 13.8 Å². The smallest absolute Gasteiger partial charge is 0.259 e. The topological polar surface area (TPSA) is 43.1 Å². The van der Waals surface area contributed by atoms with Crippen molar-refractivity contribution in [3.8, 4) is 0 Å². The van der Waals surface area contributed by atoms with E-state index in [1.165, 1.54) is 18.2 Å². The maximum atomic E-state index is 12.4. The second-order valence-corrected chi connectivity index (χ2v) is 4.61. The zero-order valence-corrected chi connectivity index (χ0v) is 10.6. The fourth-order valence-corrected chi connectivity index (χ4v) is 1.57. The molecule has 0 unspecified atom stereocenters. The highest BCUT2D eigenvalue weighted by Gasteiger charge is 2.29. The van der Waals surface area contributed by atoms with Gasteiger partial charge in [0.2, 0.25) is 5.70 Å². The van der Waals surface area contributed by atoms with Crippen molar-refractivity contribution in [3.63, 3.8) is 0 Å². The number of hydrogen-bond donors (Lipinski definition) is 0. The Hall–Kier alpha value is -1.85. The monoisotopic (exact) mass is 273 g/mol. The summed E-state index contributed by atoms with van der Waals surface area (Å²) in [6.45, 7) is 3.67. The van der Waals surface area contributed by atoms with E-state index in [2.05, 4.69) is 0 Å². The molecule has 0 aliphatic carbocycles. The van der Waals surface area contributed by atoms with E-state index >= 15 is 0 Å². The standard InChI is InChI=1S/C13H14F3NO2/c1-9(2)7-12(17(18)19)8-10-3-5-11(6-4-10)13(14,15)16/h3-6,8-9H,7H2,1-2H3. The van der Waals surface area contributed by atoms with Gasteiger partial charge in [-0.15, -0.1) is 0 Å². The molecule has 0 aliphatic heterocycles. The summed E-state index contributed by atoms with van der Waals surface area (Å²) in [4.78, 5) is 10.3. The Morgan fingerprint density at radius 1 is 1.32 bits per heavy atom. The van der Waals surface area contributed by atoms with Crippen LogP contribution in [0, 0.1) is 16.0 Å². The van der Waals surface area contributed by atoms with Gasteiger partial charge >= 0.3 is 6.18 Å². The van der Waals surface area contributed by atoms with Crippen LogP contribution in [0.4, 0.5) is 13.2 Å². The van der Waals surface area contributed by atoms with Crippen LogP contribution in [0.15, 0.2) is 30.0 Å². The Morgan fingerprint density at radius 2 is 1.84 bits per heavy atom. The molecule has 0 aliphatic rings. The van der Waals surface area contributed by atoms with Gasteiger partial charge in [-0.2, -0.15) is 13.2 Å². The van der Waals surface area contributed by atoms with Crippen LogP contribution in [-0.2, 0) is 6.18 Å². The Kier molecular flexibility index (Phi) is 4.69. The predicted molar refractivity (Wildman–Crippen MR) is 65.9 cm³/mol. The van der Waals surface area contributed by atoms with E-state index in [0.717, 1.165) is 12.1 Å². The first-order chi connectivity index (χ1) is 8.70. The molecular weight excluding hydrogens is 259 g/mol. The van der Waals surface area contributed by atoms with Crippen molar-refractivity contribution < 1.29 is 18.1 Å². The Bertz CT molecular complexity index is 476. The second kappa shape index (κ2) is 5.86. The molecule has 104 valence electrons. The minimum Gasteiger partial charge on any atom is -0.259 e. The predicted octanol–water partition coefficient (Wildman–Crippen LogP) is 4.37. The van der Waals surface area contributed by atoms with E-state index in [0.29, 0.717) is 5.56 Å². The number of alkyl halides is 3. The number of rotatable bonds is 4. The van der Waals surface area contributed by atoms with Crippen LogP contribution < -0.4 is 0 Å². The summed E-state index contributed by atoms with van der Waals surface area (Å²) in [6, 6.07) is 4.29. The first kappa shape index (κ1) is 15.2. The largest absolute Gasteiger partial charge is 0.416 e. The average molecular weight is 273 g/mol. The molecule has 0 radical (unpaired) electrons. The lowest BCUT2D eigenvalue weighted by molar-refractivity contribution is -0.427. The van der Waals surface area contributed by atoms with Gasteiger partial charge in [0.25, 0.3) is 0 Å². The lowest BCUT2D eigenvalue weighted by Crippen LogP contribution is -2.04. The number of nitro groups is 1. The molecule has 1 rings (SSSR count). The zero-order chi connectivity index (χ0) is 14.6. The molecule has 0 aromatic heterocycles. The van der Waals surface area contributed by atoms with Gasteiger partial charge in [-0.05, 0) is 23.6 Å². The summed E-state index contributed by atoms with van der Waals surface area (Å²) >= 11 is 0. The first-order valence-electron chi connectivity index (χ1n) is 5.72. The molecule has 0 fully saturated rings. The van der Waals surface area contributed by atoms with Crippen molar-refractivity contribution in [2.75, 3.05) is 0 Å². The second-order valence-electron chi connectivity index (χ2n) is 4.61. The lowest BCUT2D eigenvalue weighted by atomic mass is 10.1.